The van der Waals surface area contributed by atoms with Crippen molar-refractivity contribution in [3.63, 3.8) is 0 Å². The molecular weight excluding hydrogens is 337 g/mol. The number of halogens is 2. The number of aldehydes is 1. The number of hydrogen-bond acceptors (Lipinski definition) is 3. The van der Waals surface area contributed by atoms with E-state index in [4.69, 9.17) is 23.2 Å². The third-order valence-corrected chi connectivity index (χ3v) is 3.44. The topological polar surface area (TPSA) is 66.4 Å². The summed E-state index contributed by atoms with van der Waals surface area (Å²) in [5, 5.41) is 13.0. The van der Waals surface area contributed by atoms with Crippen molar-refractivity contribution in [1.29, 1.82) is 0 Å². The first-order valence-electron chi connectivity index (χ1n) is 7.21. The maximum Gasteiger partial charge on any atom is 0.320 e. The van der Waals surface area contributed by atoms with Crippen LogP contribution in [0.2, 0.25) is 10.0 Å². The van der Waals surface area contributed by atoms with Crippen molar-refractivity contribution in [3.05, 3.63) is 33.8 Å². The summed E-state index contributed by atoms with van der Waals surface area (Å²) < 4.78 is 0. The molecule has 0 aliphatic heterocycles. The molecule has 0 saturated heterocycles. The van der Waals surface area contributed by atoms with Gasteiger partial charge in [0, 0.05) is 22.0 Å². The van der Waals surface area contributed by atoms with E-state index in [0.717, 1.165) is 0 Å². The molecule has 0 bridgehead atoms. The number of carbonyl (C=O) groups is 2. The van der Waals surface area contributed by atoms with Gasteiger partial charge in [-0.2, -0.15) is 0 Å². The van der Waals surface area contributed by atoms with Crippen molar-refractivity contribution < 1.29 is 14.7 Å². The highest BCUT2D eigenvalue weighted by atomic mass is 35.5. The van der Waals surface area contributed by atoms with E-state index in [2.05, 4.69) is 17.2 Å². The highest BCUT2D eigenvalue weighted by molar-refractivity contribution is 6.34. The molecule has 124 valence electrons. The van der Waals surface area contributed by atoms with Crippen molar-refractivity contribution in [3.8, 4) is 11.8 Å². The van der Waals surface area contributed by atoms with Crippen LogP contribution in [0.5, 0.6) is 0 Å². The van der Waals surface area contributed by atoms with Gasteiger partial charge in [-0.3, -0.25) is 10.1 Å². The second-order valence-electron chi connectivity index (χ2n) is 5.59. The molecule has 0 radical (unpaired) electrons. The zero-order valence-corrected chi connectivity index (χ0v) is 14.5. The van der Waals surface area contributed by atoms with Crippen molar-refractivity contribution in [1.82, 2.24) is 5.32 Å². The van der Waals surface area contributed by atoms with Crippen molar-refractivity contribution in [2.75, 3.05) is 0 Å². The molecule has 0 aliphatic carbocycles. The van der Waals surface area contributed by atoms with Crippen LogP contribution in [0.3, 0.4) is 0 Å². The third kappa shape index (κ3) is 7.51. The van der Waals surface area contributed by atoms with Crippen LogP contribution in [-0.4, -0.2) is 29.4 Å². The smallest absolute Gasteiger partial charge is 0.320 e. The van der Waals surface area contributed by atoms with Gasteiger partial charge in [0.1, 0.15) is 12.3 Å². The van der Waals surface area contributed by atoms with Crippen molar-refractivity contribution in [2.24, 2.45) is 5.92 Å². The lowest BCUT2D eigenvalue weighted by molar-refractivity contribution is -0.140. The lowest BCUT2D eigenvalue weighted by atomic mass is 10.0. The van der Waals surface area contributed by atoms with Crippen LogP contribution in [0, 0.1) is 17.8 Å². The largest absolute Gasteiger partial charge is 0.480 e. The lowest BCUT2D eigenvalue weighted by Gasteiger charge is -2.19. The Labute approximate surface area is 146 Å². The molecule has 0 saturated carbocycles. The monoisotopic (exact) mass is 355 g/mol. The van der Waals surface area contributed by atoms with E-state index in [1.807, 2.05) is 13.8 Å². The number of hydrogen-bond donors (Lipinski definition) is 2. The number of nitrogens with one attached hydrogen (secondary N) is 1. The fraction of sp³-hybridized carbons (Fsp3) is 0.412. The van der Waals surface area contributed by atoms with Crippen LogP contribution in [0.15, 0.2) is 18.2 Å². The number of carboxylic acids is 1. The van der Waals surface area contributed by atoms with E-state index in [-0.39, 0.29) is 12.3 Å². The Kier molecular flexibility index (Phi) is 8.11. The number of rotatable bonds is 7. The van der Waals surface area contributed by atoms with E-state index in [0.29, 0.717) is 28.3 Å². The highest BCUT2D eigenvalue weighted by Gasteiger charge is 2.21. The Bertz CT molecular complexity index is 600. The lowest BCUT2D eigenvalue weighted by Crippen LogP contribution is -2.44. The summed E-state index contributed by atoms with van der Waals surface area (Å²) in [6, 6.07) is 3.53. The molecule has 0 aromatic heterocycles. The molecule has 0 fully saturated rings. The van der Waals surface area contributed by atoms with E-state index in [1.54, 1.807) is 18.2 Å². The molecule has 0 heterocycles. The summed E-state index contributed by atoms with van der Waals surface area (Å²) in [6.45, 7) is 3.85. The molecule has 1 aromatic carbocycles. The third-order valence-electron chi connectivity index (χ3n) is 3.00. The maximum absolute atomic E-state index is 11.2. The normalized spacial score (nSPS) is 13.1. The van der Waals surface area contributed by atoms with Crippen LogP contribution in [0.25, 0.3) is 0 Å². The van der Waals surface area contributed by atoms with Crippen molar-refractivity contribution in [2.45, 2.75) is 38.8 Å². The van der Waals surface area contributed by atoms with Gasteiger partial charge in [-0.25, -0.2) is 0 Å². The van der Waals surface area contributed by atoms with E-state index in [9.17, 15) is 14.7 Å². The molecule has 1 rings (SSSR count). The van der Waals surface area contributed by atoms with Gasteiger partial charge in [0.2, 0.25) is 0 Å². The van der Waals surface area contributed by atoms with Gasteiger partial charge in [0.15, 0.2) is 0 Å². The van der Waals surface area contributed by atoms with Gasteiger partial charge < -0.3 is 9.90 Å². The minimum atomic E-state index is -0.972. The molecule has 4 nitrogen and oxygen atoms in total. The van der Waals surface area contributed by atoms with Crippen LogP contribution in [0.4, 0.5) is 0 Å². The minimum Gasteiger partial charge on any atom is -0.480 e. The van der Waals surface area contributed by atoms with Gasteiger partial charge >= 0.3 is 5.97 Å². The summed E-state index contributed by atoms with van der Waals surface area (Å²) >= 11 is 11.8. The Morgan fingerprint density at radius 1 is 1.30 bits per heavy atom. The molecule has 1 aromatic rings. The number of benzene rings is 1. The molecular formula is C17H19Cl2NO3. The first-order chi connectivity index (χ1) is 10.8. The molecule has 23 heavy (non-hydrogen) atoms. The van der Waals surface area contributed by atoms with Crippen LogP contribution >= 0.6 is 23.2 Å². The molecule has 2 atom stereocenters. The Balaban J connectivity index is 2.71. The maximum atomic E-state index is 11.2. The Morgan fingerprint density at radius 3 is 2.39 bits per heavy atom. The SMILES string of the molecule is CC(C)C[C@H](N[C@H](C=O)CC#Cc1cc(Cl)cc(Cl)c1)C(=O)O. The number of carbonyl (C=O) groups excluding carboxylic acids is 1. The van der Waals surface area contributed by atoms with Gasteiger partial charge in [-0.1, -0.05) is 48.9 Å². The average molecular weight is 356 g/mol. The summed E-state index contributed by atoms with van der Waals surface area (Å²) in [4.78, 5) is 22.3. The highest BCUT2D eigenvalue weighted by Crippen LogP contribution is 2.18. The predicted molar refractivity (Wildman–Crippen MR) is 91.8 cm³/mol. The first-order valence-corrected chi connectivity index (χ1v) is 7.96. The standard InChI is InChI=1S/C17H19Cl2NO3/c1-11(2)6-16(17(22)23)20-15(10-21)5-3-4-12-7-13(18)9-14(19)8-12/h7-11,15-16,20H,5-6H2,1-2H3,(H,22,23)/t15-,16-/m0/s1. The Morgan fingerprint density at radius 2 is 1.91 bits per heavy atom. The van der Waals surface area contributed by atoms with Gasteiger partial charge in [-0.05, 0) is 30.5 Å². The van der Waals surface area contributed by atoms with Crippen molar-refractivity contribution >= 4 is 35.5 Å². The van der Waals surface area contributed by atoms with Gasteiger partial charge in [-0.15, -0.1) is 0 Å². The summed E-state index contributed by atoms with van der Waals surface area (Å²) in [6.07, 6.45) is 1.32. The summed E-state index contributed by atoms with van der Waals surface area (Å²) in [5.74, 6) is 4.95. The second kappa shape index (κ2) is 9.57. The first kappa shape index (κ1) is 19.5. The second-order valence-corrected chi connectivity index (χ2v) is 6.47. The average Bonchev–Trinajstić information content (AvgIpc) is 2.43. The molecule has 6 heteroatoms. The minimum absolute atomic E-state index is 0.204. The van der Waals surface area contributed by atoms with Gasteiger partial charge in [0.25, 0.3) is 0 Å². The fourth-order valence-corrected chi connectivity index (χ4v) is 2.53. The van der Waals surface area contributed by atoms with Crippen LogP contribution < -0.4 is 5.32 Å². The number of carboxylic acid groups (broad SMARTS) is 1. The van der Waals surface area contributed by atoms with E-state index < -0.39 is 18.1 Å². The number of aliphatic carboxylic acids is 1. The van der Waals surface area contributed by atoms with E-state index in [1.165, 1.54) is 0 Å². The van der Waals surface area contributed by atoms with Gasteiger partial charge in [0.05, 0.1) is 6.04 Å². The quantitative estimate of drug-likeness (QED) is 0.581. The predicted octanol–water partition coefficient (Wildman–Crippen LogP) is 3.39. The molecule has 2 N–H and O–H groups in total. The summed E-state index contributed by atoms with van der Waals surface area (Å²) in [5.41, 5.74) is 0.643. The summed E-state index contributed by atoms with van der Waals surface area (Å²) in [7, 11) is 0. The molecule has 0 spiro atoms. The zero-order valence-electron chi connectivity index (χ0n) is 13.0. The molecule has 0 unspecified atom stereocenters. The van der Waals surface area contributed by atoms with Crippen LogP contribution in [0.1, 0.15) is 32.3 Å². The van der Waals surface area contributed by atoms with Crippen LogP contribution in [-0.2, 0) is 9.59 Å². The van der Waals surface area contributed by atoms with E-state index >= 15 is 0 Å². The molecule has 0 amide bonds. The fourth-order valence-electron chi connectivity index (χ4n) is 2.01. The zero-order chi connectivity index (χ0) is 17.4. The Hall–Kier alpha value is -1.54. The molecule has 0 aliphatic rings.